The molecule has 0 radical (unpaired) electrons. The smallest absolute Gasteiger partial charge is 0.191 e. The lowest BCUT2D eigenvalue weighted by Gasteiger charge is -2.20. The molecule has 3 rings (SSSR count). The number of halogens is 1. The zero-order valence-corrected chi connectivity index (χ0v) is 19.7. The summed E-state index contributed by atoms with van der Waals surface area (Å²) >= 11 is 0. The van der Waals surface area contributed by atoms with Crippen molar-refractivity contribution in [1.82, 2.24) is 15.6 Å². The van der Waals surface area contributed by atoms with E-state index in [2.05, 4.69) is 39.7 Å². The molecule has 0 atom stereocenters. The summed E-state index contributed by atoms with van der Waals surface area (Å²) < 4.78 is 11.8. The van der Waals surface area contributed by atoms with Crippen molar-refractivity contribution in [2.75, 3.05) is 14.2 Å². The molecule has 1 saturated carbocycles. The number of rotatable bonds is 7. The summed E-state index contributed by atoms with van der Waals surface area (Å²) in [6, 6.07) is 10.0. The highest BCUT2D eigenvalue weighted by Gasteiger charge is 2.20. The zero-order chi connectivity index (χ0) is 19.8. The quantitative estimate of drug-likeness (QED) is 0.332. The van der Waals surface area contributed by atoms with E-state index in [1.165, 1.54) is 12.8 Å². The van der Waals surface area contributed by atoms with Gasteiger partial charge in [0.05, 0.1) is 25.5 Å². The van der Waals surface area contributed by atoms with Gasteiger partial charge in [-0.05, 0) is 50.3 Å². The van der Waals surface area contributed by atoms with Crippen LogP contribution < -0.4 is 20.1 Å². The molecule has 1 aliphatic rings. The summed E-state index contributed by atoms with van der Waals surface area (Å²) in [5.41, 5.74) is 3.23. The Hall–Kier alpha value is -2.03. The van der Waals surface area contributed by atoms with Crippen LogP contribution in [0.25, 0.3) is 0 Å². The highest BCUT2D eigenvalue weighted by atomic mass is 127. The second-order valence-corrected chi connectivity index (χ2v) is 7.02. The number of methoxy groups -OCH3 is 1. The van der Waals surface area contributed by atoms with Crippen molar-refractivity contribution in [3.8, 4) is 11.5 Å². The second-order valence-electron chi connectivity index (χ2n) is 7.02. The van der Waals surface area contributed by atoms with E-state index in [0.717, 1.165) is 47.1 Å². The number of pyridine rings is 1. The van der Waals surface area contributed by atoms with Crippen molar-refractivity contribution in [1.29, 1.82) is 0 Å². The summed E-state index contributed by atoms with van der Waals surface area (Å²) in [5, 5.41) is 6.69. The van der Waals surface area contributed by atoms with Gasteiger partial charge in [0, 0.05) is 25.4 Å². The van der Waals surface area contributed by atoms with Crippen molar-refractivity contribution < 1.29 is 9.47 Å². The summed E-state index contributed by atoms with van der Waals surface area (Å²) in [4.78, 5) is 8.73. The Balaban J connectivity index is 0.00000300. The monoisotopic (exact) mass is 510 g/mol. The fourth-order valence-corrected chi connectivity index (χ4v) is 3.44. The van der Waals surface area contributed by atoms with E-state index in [4.69, 9.17) is 9.47 Å². The van der Waals surface area contributed by atoms with Gasteiger partial charge in [0.25, 0.3) is 0 Å². The average molecular weight is 510 g/mol. The van der Waals surface area contributed by atoms with Gasteiger partial charge < -0.3 is 20.1 Å². The number of nitrogens with one attached hydrogen (secondary N) is 2. The van der Waals surface area contributed by atoms with Gasteiger partial charge in [-0.1, -0.05) is 18.2 Å². The number of ether oxygens (including phenoxy) is 2. The number of benzene rings is 1. The summed E-state index contributed by atoms with van der Waals surface area (Å²) in [7, 11) is 3.45. The number of guanidine groups is 1. The minimum atomic E-state index is 0. The van der Waals surface area contributed by atoms with Crippen molar-refractivity contribution in [3.05, 3.63) is 53.3 Å². The first-order valence-corrected chi connectivity index (χ1v) is 9.88. The van der Waals surface area contributed by atoms with Crippen LogP contribution in [0.5, 0.6) is 11.5 Å². The molecular weight excluding hydrogens is 479 g/mol. The Labute approximate surface area is 190 Å². The summed E-state index contributed by atoms with van der Waals surface area (Å²) in [6.07, 6.45) is 6.77. The third kappa shape index (κ3) is 6.48. The zero-order valence-electron chi connectivity index (χ0n) is 17.4. The van der Waals surface area contributed by atoms with Crippen molar-refractivity contribution in [2.24, 2.45) is 4.99 Å². The number of para-hydroxylation sites is 1. The molecular formula is C22H31IN4O2. The lowest BCUT2D eigenvalue weighted by molar-refractivity contribution is 0.198. The Morgan fingerprint density at radius 2 is 1.90 bits per heavy atom. The van der Waals surface area contributed by atoms with E-state index >= 15 is 0 Å². The van der Waals surface area contributed by atoms with E-state index in [-0.39, 0.29) is 30.1 Å². The fourth-order valence-electron chi connectivity index (χ4n) is 3.44. The fraction of sp³-hybridized carbons (Fsp3) is 0.455. The van der Waals surface area contributed by atoms with Crippen LogP contribution in [0.1, 0.15) is 42.5 Å². The van der Waals surface area contributed by atoms with Crippen molar-refractivity contribution in [2.45, 2.75) is 51.8 Å². The highest BCUT2D eigenvalue weighted by molar-refractivity contribution is 14.0. The van der Waals surface area contributed by atoms with E-state index in [0.29, 0.717) is 13.1 Å². The normalized spacial score (nSPS) is 14.2. The Morgan fingerprint density at radius 1 is 1.14 bits per heavy atom. The first kappa shape index (κ1) is 23.3. The molecule has 29 heavy (non-hydrogen) atoms. The third-order valence-corrected chi connectivity index (χ3v) is 5.08. The van der Waals surface area contributed by atoms with Crippen LogP contribution in [-0.2, 0) is 13.1 Å². The lowest BCUT2D eigenvalue weighted by Crippen LogP contribution is -2.36. The Bertz CT molecular complexity index is 807. The molecule has 0 unspecified atom stereocenters. The predicted molar refractivity (Wildman–Crippen MR) is 127 cm³/mol. The maximum Gasteiger partial charge on any atom is 0.191 e. The standard InChI is InChI=1S/C22H30N4O2.HI/c1-16-8-7-13-24-19(16)15-26-22(23-2)25-14-17-9-6-12-20(27-3)21(17)28-18-10-4-5-11-18;/h6-9,12-13,18H,4-5,10-11,14-15H2,1-3H3,(H2,23,25,26);1H. The number of aliphatic imine (C=N–C) groups is 1. The molecule has 1 aromatic heterocycles. The van der Waals surface area contributed by atoms with Crippen LogP contribution in [0.2, 0.25) is 0 Å². The molecule has 2 aromatic rings. The van der Waals surface area contributed by atoms with Crippen LogP contribution in [-0.4, -0.2) is 31.2 Å². The van der Waals surface area contributed by atoms with Crippen LogP contribution in [0.15, 0.2) is 41.5 Å². The minimum absolute atomic E-state index is 0. The summed E-state index contributed by atoms with van der Waals surface area (Å²) in [6.45, 7) is 3.28. The first-order valence-electron chi connectivity index (χ1n) is 9.88. The van der Waals surface area contributed by atoms with Crippen molar-refractivity contribution >= 4 is 29.9 Å². The molecule has 0 amide bonds. The van der Waals surface area contributed by atoms with Crippen LogP contribution in [0, 0.1) is 6.92 Å². The Morgan fingerprint density at radius 3 is 2.59 bits per heavy atom. The lowest BCUT2D eigenvalue weighted by atomic mass is 10.1. The summed E-state index contributed by atoms with van der Waals surface area (Å²) in [5.74, 6) is 2.33. The molecule has 1 heterocycles. The van der Waals surface area contributed by atoms with Crippen molar-refractivity contribution in [3.63, 3.8) is 0 Å². The van der Waals surface area contributed by atoms with Gasteiger partial charge in [-0.2, -0.15) is 0 Å². The van der Waals surface area contributed by atoms with Crippen LogP contribution in [0.4, 0.5) is 0 Å². The van der Waals surface area contributed by atoms with Gasteiger partial charge in [0.15, 0.2) is 17.5 Å². The Kier molecular flexibility index (Phi) is 9.50. The SMILES string of the molecule is CN=C(NCc1cccc(OC)c1OC1CCCC1)NCc1ncccc1C.I. The van der Waals surface area contributed by atoms with E-state index in [9.17, 15) is 0 Å². The molecule has 0 spiro atoms. The molecule has 1 fully saturated rings. The molecule has 6 nitrogen and oxygen atoms in total. The van der Waals surface area contributed by atoms with E-state index in [1.807, 2.05) is 24.4 Å². The van der Waals surface area contributed by atoms with Gasteiger partial charge in [0.2, 0.25) is 0 Å². The number of hydrogen-bond donors (Lipinski definition) is 2. The third-order valence-electron chi connectivity index (χ3n) is 5.08. The number of hydrogen-bond acceptors (Lipinski definition) is 4. The topological polar surface area (TPSA) is 67.8 Å². The molecule has 1 aliphatic carbocycles. The number of nitrogens with zero attached hydrogens (tertiary/aromatic N) is 2. The molecule has 158 valence electrons. The van der Waals surface area contributed by atoms with Crippen LogP contribution >= 0.6 is 24.0 Å². The highest BCUT2D eigenvalue weighted by Crippen LogP contribution is 2.34. The molecule has 0 bridgehead atoms. The van der Waals surface area contributed by atoms with E-state index in [1.54, 1.807) is 14.2 Å². The van der Waals surface area contributed by atoms with E-state index < -0.39 is 0 Å². The molecule has 2 N–H and O–H groups in total. The molecule has 1 aromatic carbocycles. The molecule has 7 heteroatoms. The molecule has 0 saturated heterocycles. The minimum Gasteiger partial charge on any atom is -0.493 e. The first-order chi connectivity index (χ1) is 13.7. The maximum atomic E-state index is 6.30. The van der Waals surface area contributed by atoms with Gasteiger partial charge in [-0.25, -0.2) is 0 Å². The van der Waals surface area contributed by atoms with Gasteiger partial charge in [0.1, 0.15) is 0 Å². The average Bonchev–Trinajstić information content (AvgIpc) is 3.23. The van der Waals surface area contributed by atoms with Gasteiger partial charge >= 0.3 is 0 Å². The molecule has 0 aliphatic heterocycles. The van der Waals surface area contributed by atoms with Gasteiger partial charge in [-0.15, -0.1) is 24.0 Å². The maximum absolute atomic E-state index is 6.30. The second kappa shape index (κ2) is 11.8. The number of aryl methyl sites for hydroxylation is 1. The largest absolute Gasteiger partial charge is 0.493 e. The van der Waals surface area contributed by atoms with Crippen LogP contribution in [0.3, 0.4) is 0 Å². The number of aromatic nitrogens is 1. The van der Waals surface area contributed by atoms with Gasteiger partial charge in [-0.3, -0.25) is 9.98 Å². The predicted octanol–water partition coefficient (Wildman–Crippen LogP) is 4.20.